The molecule has 0 aliphatic heterocycles. The Hall–Kier alpha value is -2.82. The molecule has 0 radical (unpaired) electrons. The van der Waals surface area contributed by atoms with Crippen LogP contribution in [0.4, 0.5) is 0 Å². The van der Waals surface area contributed by atoms with Crippen molar-refractivity contribution in [3.05, 3.63) is 60.4 Å². The fraction of sp³-hybridized carbons (Fsp3) is 0.500. The van der Waals surface area contributed by atoms with Crippen molar-refractivity contribution in [2.75, 3.05) is 13.2 Å². The molecule has 0 spiro atoms. The van der Waals surface area contributed by atoms with E-state index in [0.717, 1.165) is 49.4 Å². The summed E-state index contributed by atoms with van der Waals surface area (Å²) in [5, 5.41) is 2.96. The number of hydrogen-bond acceptors (Lipinski definition) is 3. The minimum Gasteiger partial charge on any atom is -0.484 e. The van der Waals surface area contributed by atoms with Crippen LogP contribution >= 0.6 is 0 Å². The van der Waals surface area contributed by atoms with E-state index in [4.69, 9.17) is 9.72 Å². The van der Waals surface area contributed by atoms with E-state index in [9.17, 15) is 4.79 Å². The minimum absolute atomic E-state index is 0.0645. The number of amides is 1. The Kier molecular flexibility index (Phi) is 8.79. The fourth-order valence-corrected chi connectivity index (χ4v) is 4.88. The molecule has 2 aromatic carbocycles. The van der Waals surface area contributed by atoms with E-state index in [1.165, 1.54) is 49.9 Å². The number of hydrogen-bond donors (Lipinski definition) is 1. The van der Waals surface area contributed by atoms with Crippen LogP contribution in [0.2, 0.25) is 0 Å². The SMILES string of the molecule is O=C(COc1ccccc1)NCCCCCc1nc2ccccc2n1CCC1CCCCC1. The van der Waals surface area contributed by atoms with Gasteiger partial charge in [-0.3, -0.25) is 4.79 Å². The zero-order valence-corrected chi connectivity index (χ0v) is 19.7. The zero-order valence-electron chi connectivity index (χ0n) is 19.7. The quantitative estimate of drug-likeness (QED) is 0.351. The van der Waals surface area contributed by atoms with Crippen molar-refractivity contribution < 1.29 is 9.53 Å². The second-order valence-corrected chi connectivity index (χ2v) is 9.22. The number of benzene rings is 2. The van der Waals surface area contributed by atoms with Crippen LogP contribution in [-0.2, 0) is 17.8 Å². The zero-order chi connectivity index (χ0) is 22.7. The van der Waals surface area contributed by atoms with Gasteiger partial charge in [-0.25, -0.2) is 4.98 Å². The molecule has 0 bridgehead atoms. The van der Waals surface area contributed by atoms with Gasteiger partial charge < -0.3 is 14.6 Å². The number of aryl methyl sites for hydroxylation is 2. The second-order valence-electron chi connectivity index (χ2n) is 9.22. The smallest absolute Gasteiger partial charge is 0.257 e. The van der Waals surface area contributed by atoms with Gasteiger partial charge in [0.1, 0.15) is 11.6 Å². The normalized spacial score (nSPS) is 14.4. The van der Waals surface area contributed by atoms with E-state index in [0.29, 0.717) is 6.54 Å². The Bertz CT molecular complexity index is 993. The number of fused-ring (bicyclic) bond motifs is 1. The standard InChI is InChI=1S/C28H37N3O2/c32-28(22-33-24-14-6-2-7-15-24)29-20-11-3-8-18-27-30-25-16-9-10-17-26(25)31(27)21-19-23-12-4-1-5-13-23/h2,6-7,9-10,14-17,23H,1,3-5,8,11-13,18-22H2,(H,29,32). The van der Waals surface area contributed by atoms with Gasteiger partial charge in [-0.1, -0.05) is 68.9 Å². The summed E-state index contributed by atoms with van der Waals surface area (Å²) < 4.78 is 7.95. The monoisotopic (exact) mass is 447 g/mol. The average molecular weight is 448 g/mol. The first-order valence-corrected chi connectivity index (χ1v) is 12.7. The van der Waals surface area contributed by atoms with Crippen LogP contribution in [0.5, 0.6) is 5.75 Å². The van der Waals surface area contributed by atoms with Crippen LogP contribution in [-0.4, -0.2) is 28.6 Å². The predicted molar refractivity (Wildman–Crippen MR) is 133 cm³/mol. The third kappa shape index (κ3) is 7.08. The van der Waals surface area contributed by atoms with Crippen LogP contribution < -0.4 is 10.1 Å². The Balaban J connectivity index is 1.19. The maximum atomic E-state index is 12.0. The summed E-state index contributed by atoms with van der Waals surface area (Å²) in [6.45, 7) is 1.84. The van der Waals surface area contributed by atoms with Gasteiger partial charge in [-0.15, -0.1) is 0 Å². The van der Waals surface area contributed by atoms with E-state index in [-0.39, 0.29) is 12.5 Å². The molecule has 1 amide bonds. The van der Waals surface area contributed by atoms with Crippen LogP contribution in [0, 0.1) is 5.92 Å². The largest absolute Gasteiger partial charge is 0.484 e. The van der Waals surface area contributed by atoms with E-state index >= 15 is 0 Å². The highest BCUT2D eigenvalue weighted by Crippen LogP contribution is 2.28. The minimum atomic E-state index is -0.0663. The lowest BCUT2D eigenvalue weighted by molar-refractivity contribution is -0.123. The Morgan fingerprint density at radius 3 is 2.61 bits per heavy atom. The molecule has 1 fully saturated rings. The predicted octanol–water partition coefficient (Wildman–Crippen LogP) is 5.91. The van der Waals surface area contributed by atoms with E-state index in [1.54, 1.807) is 0 Å². The number of carbonyl (C=O) groups excluding carboxylic acids is 1. The molecule has 176 valence electrons. The van der Waals surface area contributed by atoms with Crippen LogP contribution in [0.1, 0.15) is 63.6 Å². The van der Waals surface area contributed by atoms with Gasteiger partial charge in [0.25, 0.3) is 5.91 Å². The van der Waals surface area contributed by atoms with Crippen molar-refractivity contribution in [1.29, 1.82) is 0 Å². The van der Waals surface area contributed by atoms with E-state index < -0.39 is 0 Å². The number of carbonyl (C=O) groups is 1. The van der Waals surface area contributed by atoms with Gasteiger partial charge in [0.2, 0.25) is 0 Å². The molecule has 1 aliphatic rings. The summed E-state index contributed by atoms with van der Waals surface area (Å²) in [6.07, 6.45) is 12.4. The molecule has 0 atom stereocenters. The molecule has 5 nitrogen and oxygen atoms in total. The fourth-order valence-electron chi connectivity index (χ4n) is 4.88. The van der Waals surface area contributed by atoms with Gasteiger partial charge >= 0.3 is 0 Å². The lowest BCUT2D eigenvalue weighted by Crippen LogP contribution is -2.29. The average Bonchev–Trinajstić information content (AvgIpc) is 3.22. The van der Waals surface area contributed by atoms with Crippen LogP contribution in [0.25, 0.3) is 11.0 Å². The van der Waals surface area contributed by atoms with Crippen molar-refractivity contribution >= 4 is 16.9 Å². The lowest BCUT2D eigenvalue weighted by Gasteiger charge is -2.22. The molecule has 33 heavy (non-hydrogen) atoms. The van der Waals surface area contributed by atoms with Crippen molar-refractivity contribution in [1.82, 2.24) is 14.9 Å². The van der Waals surface area contributed by atoms with Crippen LogP contribution in [0.3, 0.4) is 0 Å². The summed E-state index contributed by atoms with van der Waals surface area (Å²) in [7, 11) is 0. The molecule has 1 aromatic heterocycles. The van der Waals surface area contributed by atoms with Gasteiger partial charge in [-0.05, 0) is 49.4 Å². The number of para-hydroxylation sites is 3. The molecule has 5 heteroatoms. The molecular formula is C28H37N3O2. The summed E-state index contributed by atoms with van der Waals surface area (Å²) in [4.78, 5) is 16.9. The van der Waals surface area contributed by atoms with E-state index in [2.05, 4.69) is 34.1 Å². The maximum absolute atomic E-state index is 12.0. The first kappa shape index (κ1) is 23.3. The van der Waals surface area contributed by atoms with Gasteiger partial charge in [0, 0.05) is 19.5 Å². The summed E-state index contributed by atoms with van der Waals surface area (Å²) >= 11 is 0. The number of ether oxygens (including phenoxy) is 1. The number of nitrogens with one attached hydrogen (secondary N) is 1. The first-order chi connectivity index (χ1) is 16.3. The Morgan fingerprint density at radius 2 is 1.76 bits per heavy atom. The number of rotatable bonds is 12. The highest BCUT2D eigenvalue weighted by Gasteiger charge is 2.16. The van der Waals surface area contributed by atoms with Gasteiger partial charge in [0.15, 0.2) is 6.61 Å². The van der Waals surface area contributed by atoms with Crippen molar-refractivity contribution in [3.8, 4) is 5.75 Å². The Morgan fingerprint density at radius 1 is 0.970 bits per heavy atom. The molecule has 0 unspecified atom stereocenters. The van der Waals surface area contributed by atoms with Gasteiger partial charge in [-0.2, -0.15) is 0 Å². The molecular weight excluding hydrogens is 410 g/mol. The van der Waals surface area contributed by atoms with Crippen molar-refractivity contribution in [3.63, 3.8) is 0 Å². The lowest BCUT2D eigenvalue weighted by atomic mass is 9.87. The van der Waals surface area contributed by atoms with Crippen LogP contribution in [0.15, 0.2) is 54.6 Å². The first-order valence-electron chi connectivity index (χ1n) is 12.7. The number of aromatic nitrogens is 2. The summed E-state index contributed by atoms with van der Waals surface area (Å²) in [5.41, 5.74) is 2.39. The summed E-state index contributed by atoms with van der Waals surface area (Å²) in [5.74, 6) is 2.75. The Labute approximate surface area is 197 Å². The number of nitrogens with zero attached hydrogens (tertiary/aromatic N) is 2. The second kappa shape index (κ2) is 12.4. The van der Waals surface area contributed by atoms with Crippen molar-refractivity contribution in [2.24, 2.45) is 5.92 Å². The molecule has 1 saturated carbocycles. The van der Waals surface area contributed by atoms with E-state index in [1.807, 2.05) is 30.3 Å². The van der Waals surface area contributed by atoms with Crippen molar-refractivity contribution in [2.45, 2.75) is 70.8 Å². The third-order valence-electron chi connectivity index (χ3n) is 6.73. The molecule has 1 aliphatic carbocycles. The molecule has 0 saturated heterocycles. The third-order valence-corrected chi connectivity index (χ3v) is 6.73. The molecule has 1 N–H and O–H groups in total. The number of imidazole rings is 1. The highest BCUT2D eigenvalue weighted by atomic mass is 16.5. The maximum Gasteiger partial charge on any atom is 0.257 e. The highest BCUT2D eigenvalue weighted by molar-refractivity contribution is 5.77. The van der Waals surface area contributed by atoms with Gasteiger partial charge in [0.05, 0.1) is 11.0 Å². The molecule has 3 aromatic rings. The summed E-state index contributed by atoms with van der Waals surface area (Å²) in [6, 6.07) is 18.0. The number of unbranched alkanes of at least 4 members (excludes halogenated alkanes) is 2. The molecule has 4 rings (SSSR count). The molecule has 1 heterocycles. The topological polar surface area (TPSA) is 56.1 Å².